The highest BCUT2D eigenvalue weighted by Crippen LogP contribution is 2.32. The van der Waals surface area contributed by atoms with Crippen LogP contribution in [0, 0.1) is 0 Å². The molecule has 0 radical (unpaired) electrons. The fraction of sp³-hybridized carbons (Fsp3) is 0.385. The van der Waals surface area contributed by atoms with Crippen LogP contribution in [-0.4, -0.2) is 30.0 Å². The van der Waals surface area contributed by atoms with Gasteiger partial charge in [0.25, 0.3) is 0 Å². The molecular formula is C13H14N2O2S. The second-order valence-electron chi connectivity index (χ2n) is 4.63. The molecule has 0 atom stereocenters. The number of anilines is 1. The lowest BCUT2D eigenvalue weighted by atomic mass is 10.1. The van der Waals surface area contributed by atoms with Gasteiger partial charge in [-0.2, -0.15) is 0 Å². The van der Waals surface area contributed by atoms with Crippen LogP contribution in [0.5, 0.6) is 0 Å². The first-order chi connectivity index (χ1) is 8.72. The third kappa shape index (κ3) is 2.57. The van der Waals surface area contributed by atoms with Crippen molar-refractivity contribution >= 4 is 29.1 Å². The number of nitrogens with one attached hydrogen (secondary N) is 2. The van der Waals surface area contributed by atoms with Gasteiger partial charge in [0.2, 0.25) is 5.91 Å². The third-order valence-electron chi connectivity index (χ3n) is 3.06. The average Bonchev–Trinajstić information content (AvgIpc) is 3.19. The molecular weight excluding hydrogens is 248 g/mol. The van der Waals surface area contributed by atoms with E-state index < -0.39 is 0 Å². The fourth-order valence-corrected chi connectivity index (χ4v) is 2.67. The lowest BCUT2D eigenvalue weighted by molar-refractivity contribution is -0.113. The molecule has 1 saturated carbocycles. The molecule has 1 aromatic carbocycles. The zero-order valence-electron chi connectivity index (χ0n) is 9.86. The van der Waals surface area contributed by atoms with E-state index in [4.69, 9.17) is 0 Å². The predicted molar refractivity (Wildman–Crippen MR) is 71.2 cm³/mol. The standard InChI is InChI=1S/C13H14N2O2S/c16-11(6-14-9-2-3-9)8-1-4-12-10(5-8)15-13(17)7-18-12/h1,4-5,9,14H,2-3,6-7H2,(H,15,17). The summed E-state index contributed by atoms with van der Waals surface area (Å²) in [7, 11) is 0. The van der Waals surface area contributed by atoms with Gasteiger partial charge in [0.05, 0.1) is 18.0 Å². The molecule has 18 heavy (non-hydrogen) atoms. The molecule has 0 saturated heterocycles. The molecule has 2 aliphatic rings. The monoisotopic (exact) mass is 262 g/mol. The first-order valence-corrected chi connectivity index (χ1v) is 7.04. The van der Waals surface area contributed by atoms with Crippen LogP contribution in [0.15, 0.2) is 23.1 Å². The van der Waals surface area contributed by atoms with Gasteiger partial charge in [-0.15, -0.1) is 11.8 Å². The molecule has 0 aromatic heterocycles. The zero-order valence-corrected chi connectivity index (χ0v) is 10.7. The van der Waals surface area contributed by atoms with Crippen molar-refractivity contribution < 1.29 is 9.59 Å². The van der Waals surface area contributed by atoms with Crippen LogP contribution < -0.4 is 10.6 Å². The number of Topliss-reactive ketones (excluding diaryl/α,β-unsaturated/α-hetero) is 1. The SMILES string of the molecule is O=C1CSc2ccc(C(=O)CNC3CC3)cc2N1. The van der Waals surface area contributed by atoms with Crippen LogP contribution in [0.2, 0.25) is 0 Å². The Bertz CT molecular complexity index is 512. The first-order valence-electron chi connectivity index (χ1n) is 6.05. The van der Waals surface area contributed by atoms with Crippen LogP contribution >= 0.6 is 11.8 Å². The minimum absolute atomic E-state index is 0.00629. The molecule has 1 aromatic rings. The number of benzene rings is 1. The number of amides is 1. The number of rotatable bonds is 4. The average molecular weight is 262 g/mol. The van der Waals surface area contributed by atoms with Crippen molar-refractivity contribution in [2.45, 2.75) is 23.8 Å². The number of fused-ring (bicyclic) bond motifs is 1. The van der Waals surface area contributed by atoms with Gasteiger partial charge < -0.3 is 10.6 Å². The Labute approximate surface area is 110 Å². The quantitative estimate of drug-likeness (QED) is 0.810. The van der Waals surface area contributed by atoms with Gasteiger partial charge in [0.1, 0.15) is 0 Å². The Balaban J connectivity index is 1.73. The fourth-order valence-electron chi connectivity index (χ4n) is 1.88. The zero-order chi connectivity index (χ0) is 12.5. The van der Waals surface area contributed by atoms with Crippen molar-refractivity contribution in [2.75, 3.05) is 17.6 Å². The Morgan fingerprint density at radius 2 is 2.28 bits per heavy atom. The summed E-state index contributed by atoms with van der Waals surface area (Å²) in [6, 6.07) is 6.04. The summed E-state index contributed by atoms with van der Waals surface area (Å²) in [5, 5.41) is 6.00. The van der Waals surface area contributed by atoms with Crippen molar-refractivity contribution in [3.05, 3.63) is 23.8 Å². The molecule has 2 N–H and O–H groups in total. The molecule has 3 rings (SSSR count). The Morgan fingerprint density at radius 1 is 1.44 bits per heavy atom. The summed E-state index contributed by atoms with van der Waals surface area (Å²) < 4.78 is 0. The number of carbonyl (C=O) groups excluding carboxylic acids is 2. The van der Waals surface area contributed by atoms with Crippen molar-refractivity contribution in [1.82, 2.24) is 5.32 Å². The van der Waals surface area contributed by atoms with Gasteiger partial charge in [0.15, 0.2) is 5.78 Å². The van der Waals surface area contributed by atoms with Crippen molar-refractivity contribution in [1.29, 1.82) is 0 Å². The Hall–Kier alpha value is -1.33. The second-order valence-corrected chi connectivity index (χ2v) is 5.64. The minimum atomic E-state index is -0.00629. The highest BCUT2D eigenvalue weighted by molar-refractivity contribution is 8.00. The molecule has 4 nitrogen and oxygen atoms in total. The van der Waals surface area contributed by atoms with Gasteiger partial charge >= 0.3 is 0 Å². The number of carbonyl (C=O) groups is 2. The van der Waals surface area contributed by atoms with E-state index in [9.17, 15) is 9.59 Å². The minimum Gasteiger partial charge on any atom is -0.324 e. The van der Waals surface area contributed by atoms with Crippen LogP contribution in [-0.2, 0) is 4.79 Å². The van der Waals surface area contributed by atoms with Crippen LogP contribution in [0.25, 0.3) is 0 Å². The summed E-state index contributed by atoms with van der Waals surface area (Å²) >= 11 is 1.51. The third-order valence-corrected chi connectivity index (χ3v) is 4.14. The number of ketones is 1. The maximum Gasteiger partial charge on any atom is 0.234 e. The van der Waals surface area contributed by atoms with E-state index in [1.54, 1.807) is 6.07 Å². The van der Waals surface area contributed by atoms with Crippen LogP contribution in [0.4, 0.5) is 5.69 Å². The van der Waals surface area contributed by atoms with Crippen molar-refractivity contribution in [2.24, 2.45) is 0 Å². The van der Waals surface area contributed by atoms with E-state index in [0.717, 1.165) is 10.6 Å². The topological polar surface area (TPSA) is 58.2 Å². The maximum absolute atomic E-state index is 12.0. The van der Waals surface area contributed by atoms with E-state index in [2.05, 4.69) is 10.6 Å². The molecule has 5 heteroatoms. The van der Waals surface area contributed by atoms with Gasteiger partial charge in [-0.1, -0.05) is 6.07 Å². The highest BCUT2D eigenvalue weighted by atomic mass is 32.2. The van der Waals surface area contributed by atoms with E-state index >= 15 is 0 Å². The molecule has 1 heterocycles. The number of hydrogen-bond donors (Lipinski definition) is 2. The van der Waals surface area contributed by atoms with Crippen LogP contribution in [0.1, 0.15) is 23.2 Å². The summed E-state index contributed by atoms with van der Waals surface area (Å²) in [4.78, 5) is 24.3. The van der Waals surface area contributed by atoms with E-state index in [-0.39, 0.29) is 11.7 Å². The summed E-state index contributed by atoms with van der Waals surface area (Å²) in [6.45, 7) is 0.380. The largest absolute Gasteiger partial charge is 0.324 e. The lowest BCUT2D eigenvalue weighted by Gasteiger charge is -2.16. The van der Waals surface area contributed by atoms with E-state index in [1.807, 2.05) is 12.1 Å². The predicted octanol–water partition coefficient (Wildman–Crippen LogP) is 1.67. The van der Waals surface area contributed by atoms with Gasteiger partial charge in [0, 0.05) is 16.5 Å². The number of thioether (sulfide) groups is 1. The van der Waals surface area contributed by atoms with E-state index in [1.165, 1.54) is 24.6 Å². The molecule has 0 unspecified atom stereocenters. The molecule has 0 bridgehead atoms. The normalized spacial score (nSPS) is 18.1. The smallest absolute Gasteiger partial charge is 0.234 e. The van der Waals surface area contributed by atoms with Crippen molar-refractivity contribution in [3.8, 4) is 0 Å². The molecule has 0 spiro atoms. The molecule has 1 aliphatic heterocycles. The molecule has 1 aliphatic carbocycles. The lowest BCUT2D eigenvalue weighted by Crippen LogP contribution is -2.25. The van der Waals surface area contributed by atoms with Gasteiger partial charge in [-0.3, -0.25) is 9.59 Å². The highest BCUT2D eigenvalue weighted by Gasteiger charge is 2.22. The van der Waals surface area contributed by atoms with Gasteiger partial charge in [-0.05, 0) is 25.0 Å². The van der Waals surface area contributed by atoms with Gasteiger partial charge in [-0.25, -0.2) is 0 Å². The molecule has 94 valence electrons. The number of hydrogen-bond acceptors (Lipinski definition) is 4. The Morgan fingerprint density at radius 3 is 3.06 bits per heavy atom. The maximum atomic E-state index is 12.0. The first kappa shape index (κ1) is 11.7. The van der Waals surface area contributed by atoms with Crippen LogP contribution in [0.3, 0.4) is 0 Å². The summed E-state index contributed by atoms with van der Waals surface area (Å²) in [5.41, 5.74) is 1.42. The second kappa shape index (κ2) is 4.74. The molecule has 1 fully saturated rings. The summed E-state index contributed by atoms with van der Waals surface area (Å²) in [6.07, 6.45) is 2.34. The van der Waals surface area contributed by atoms with Crippen molar-refractivity contribution in [3.63, 3.8) is 0 Å². The Kier molecular flexibility index (Phi) is 3.09. The van der Waals surface area contributed by atoms with E-state index in [0.29, 0.717) is 23.9 Å². The molecule has 1 amide bonds. The summed E-state index contributed by atoms with van der Waals surface area (Å²) in [5.74, 6) is 0.520.